The second-order valence-electron chi connectivity index (χ2n) is 7.71. The maximum absolute atomic E-state index is 13.0. The summed E-state index contributed by atoms with van der Waals surface area (Å²) in [6.07, 6.45) is 17.3. The van der Waals surface area contributed by atoms with Crippen molar-refractivity contribution in [3.63, 3.8) is 0 Å². The molecule has 0 bridgehead atoms. The van der Waals surface area contributed by atoms with Crippen molar-refractivity contribution in [1.29, 1.82) is 0 Å². The Labute approximate surface area is 164 Å². The lowest BCUT2D eigenvalue weighted by molar-refractivity contribution is 0.169. The Morgan fingerprint density at radius 2 is 1.27 bits per heavy atom. The van der Waals surface area contributed by atoms with Crippen molar-refractivity contribution in [2.24, 2.45) is 5.92 Å². The van der Waals surface area contributed by atoms with E-state index in [1.54, 1.807) is 0 Å². The first-order valence-corrected chi connectivity index (χ1v) is 13.2. The fourth-order valence-electron chi connectivity index (χ4n) is 3.07. The fourth-order valence-corrected chi connectivity index (χ4v) is 4.96. The third-order valence-corrected chi connectivity index (χ3v) is 7.10. The Hall–Kier alpha value is 0.150. The van der Waals surface area contributed by atoms with Gasteiger partial charge in [-0.3, -0.25) is 4.57 Å². The van der Waals surface area contributed by atoms with Gasteiger partial charge in [0.2, 0.25) is 0 Å². The Bertz CT molecular complexity index is 333. The van der Waals surface area contributed by atoms with E-state index in [1.165, 1.54) is 64.2 Å². The molecule has 0 aliphatic carbocycles. The standard InChI is InChI=1S/C22H47O3P/c1-5-9-12-13-14-15-16-17-19-24-26(23,20-11-7-3)25-21-22(8-4)18-10-6-2/h22H,5-21H2,1-4H3. The van der Waals surface area contributed by atoms with Gasteiger partial charge >= 0.3 is 7.60 Å². The predicted octanol–water partition coefficient (Wildman–Crippen LogP) is 8.37. The van der Waals surface area contributed by atoms with Crippen LogP contribution in [0, 0.1) is 5.92 Å². The van der Waals surface area contributed by atoms with Crippen molar-refractivity contribution in [1.82, 2.24) is 0 Å². The number of unbranched alkanes of at least 4 members (excludes halogenated alkanes) is 9. The van der Waals surface area contributed by atoms with E-state index < -0.39 is 7.60 Å². The molecule has 0 saturated heterocycles. The lowest BCUT2D eigenvalue weighted by Gasteiger charge is -2.22. The van der Waals surface area contributed by atoms with Crippen LogP contribution in [0.5, 0.6) is 0 Å². The van der Waals surface area contributed by atoms with Crippen LogP contribution in [0.2, 0.25) is 0 Å². The van der Waals surface area contributed by atoms with E-state index in [1.807, 2.05) is 0 Å². The van der Waals surface area contributed by atoms with E-state index in [-0.39, 0.29) is 0 Å². The average molecular weight is 391 g/mol. The first-order chi connectivity index (χ1) is 12.6. The smallest absolute Gasteiger partial charge is 0.309 e. The van der Waals surface area contributed by atoms with Gasteiger partial charge in [-0.15, -0.1) is 0 Å². The second kappa shape index (κ2) is 18.5. The van der Waals surface area contributed by atoms with E-state index in [9.17, 15) is 4.57 Å². The first-order valence-electron chi connectivity index (χ1n) is 11.5. The highest BCUT2D eigenvalue weighted by molar-refractivity contribution is 7.53. The van der Waals surface area contributed by atoms with Gasteiger partial charge in [0, 0.05) is 0 Å². The molecule has 0 amide bonds. The molecule has 0 spiro atoms. The third kappa shape index (κ3) is 15.2. The minimum absolute atomic E-state index is 0.511. The summed E-state index contributed by atoms with van der Waals surface area (Å²) in [5, 5.41) is 0. The van der Waals surface area contributed by atoms with Crippen molar-refractivity contribution in [3.05, 3.63) is 0 Å². The molecule has 0 heterocycles. The molecule has 0 rings (SSSR count). The SMILES string of the molecule is CCCCCCCCCCOP(=O)(CCCC)OCC(CC)CCCC. The van der Waals surface area contributed by atoms with Gasteiger partial charge in [-0.2, -0.15) is 0 Å². The van der Waals surface area contributed by atoms with Crippen molar-refractivity contribution in [2.75, 3.05) is 19.4 Å². The molecule has 0 radical (unpaired) electrons. The molecule has 26 heavy (non-hydrogen) atoms. The topological polar surface area (TPSA) is 35.5 Å². The Kier molecular flexibility index (Phi) is 18.6. The highest BCUT2D eigenvalue weighted by Gasteiger charge is 2.25. The molecule has 158 valence electrons. The van der Waals surface area contributed by atoms with Crippen molar-refractivity contribution in [2.45, 2.75) is 118 Å². The highest BCUT2D eigenvalue weighted by Crippen LogP contribution is 2.49. The maximum Gasteiger partial charge on any atom is 0.330 e. The van der Waals surface area contributed by atoms with E-state index in [0.29, 0.717) is 25.3 Å². The molecular weight excluding hydrogens is 343 g/mol. The molecule has 0 aliphatic heterocycles. The van der Waals surface area contributed by atoms with Crippen LogP contribution in [0.15, 0.2) is 0 Å². The molecule has 2 atom stereocenters. The molecule has 3 nitrogen and oxygen atoms in total. The Balaban J connectivity index is 4.06. The van der Waals surface area contributed by atoms with Gasteiger partial charge in [0.05, 0.1) is 19.4 Å². The maximum atomic E-state index is 13.0. The zero-order valence-electron chi connectivity index (χ0n) is 18.3. The minimum atomic E-state index is -2.91. The summed E-state index contributed by atoms with van der Waals surface area (Å²) < 4.78 is 24.7. The molecule has 0 fully saturated rings. The van der Waals surface area contributed by atoms with E-state index in [4.69, 9.17) is 9.05 Å². The molecule has 0 N–H and O–H groups in total. The van der Waals surface area contributed by atoms with Crippen LogP contribution in [-0.4, -0.2) is 19.4 Å². The third-order valence-electron chi connectivity index (χ3n) is 5.12. The van der Waals surface area contributed by atoms with Gasteiger partial charge in [0.1, 0.15) is 0 Å². The lowest BCUT2D eigenvalue weighted by Crippen LogP contribution is -2.10. The summed E-state index contributed by atoms with van der Waals surface area (Å²) in [4.78, 5) is 0. The molecule has 0 aliphatic rings. The largest absolute Gasteiger partial charge is 0.330 e. The normalized spacial score (nSPS) is 15.1. The number of hydrogen-bond donors (Lipinski definition) is 0. The second-order valence-corrected chi connectivity index (χ2v) is 9.89. The summed E-state index contributed by atoms with van der Waals surface area (Å²) in [6, 6.07) is 0. The van der Waals surface area contributed by atoms with Gasteiger partial charge in [-0.1, -0.05) is 98.3 Å². The van der Waals surface area contributed by atoms with Crippen molar-refractivity contribution >= 4 is 7.60 Å². The molecule has 0 aromatic heterocycles. The molecule has 0 aromatic carbocycles. The monoisotopic (exact) mass is 390 g/mol. The summed E-state index contributed by atoms with van der Waals surface area (Å²) in [7, 11) is -2.91. The van der Waals surface area contributed by atoms with Gasteiger partial charge in [-0.25, -0.2) is 0 Å². The van der Waals surface area contributed by atoms with E-state index in [2.05, 4.69) is 27.7 Å². The van der Waals surface area contributed by atoms with Crippen LogP contribution < -0.4 is 0 Å². The molecular formula is C22H47O3P. The van der Waals surface area contributed by atoms with Crippen molar-refractivity contribution < 1.29 is 13.6 Å². The number of rotatable bonds is 20. The summed E-state index contributed by atoms with van der Waals surface area (Å²) in [5.74, 6) is 0.511. The van der Waals surface area contributed by atoms with Crippen LogP contribution in [-0.2, 0) is 13.6 Å². The quantitative estimate of drug-likeness (QED) is 0.155. The van der Waals surface area contributed by atoms with Gasteiger partial charge in [0.15, 0.2) is 0 Å². The summed E-state index contributed by atoms with van der Waals surface area (Å²) in [5.41, 5.74) is 0. The zero-order chi connectivity index (χ0) is 19.5. The minimum Gasteiger partial charge on any atom is -0.309 e. The van der Waals surface area contributed by atoms with Crippen LogP contribution in [0.3, 0.4) is 0 Å². The predicted molar refractivity (Wildman–Crippen MR) is 115 cm³/mol. The first kappa shape index (κ1) is 26.1. The summed E-state index contributed by atoms with van der Waals surface area (Å²) in [6.45, 7) is 9.97. The Morgan fingerprint density at radius 1 is 0.692 bits per heavy atom. The van der Waals surface area contributed by atoms with Gasteiger partial charge in [0.25, 0.3) is 0 Å². The average Bonchev–Trinajstić information content (AvgIpc) is 2.65. The van der Waals surface area contributed by atoms with Gasteiger partial charge in [-0.05, 0) is 25.2 Å². The van der Waals surface area contributed by atoms with Crippen LogP contribution in [0.4, 0.5) is 0 Å². The van der Waals surface area contributed by atoms with E-state index in [0.717, 1.165) is 25.7 Å². The van der Waals surface area contributed by atoms with Crippen LogP contribution in [0.25, 0.3) is 0 Å². The lowest BCUT2D eigenvalue weighted by atomic mass is 10.0. The zero-order valence-corrected chi connectivity index (χ0v) is 19.2. The molecule has 0 saturated carbocycles. The fraction of sp³-hybridized carbons (Fsp3) is 1.00. The van der Waals surface area contributed by atoms with Gasteiger partial charge < -0.3 is 9.05 Å². The highest BCUT2D eigenvalue weighted by atomic mass is 31.2. The molecule has 0 aromatic rings. The molecule has 4 heteroatoms. The van der Waals surface area contributed by atoms with Crippen LogP contribution in [0.1, 0.15) is 118 Å². The number of hydrogen-bond acceptors (Lipinski definition) is 3. The van der Waals surface area contributed by atoms with Crippen LogP contribution >= 0.6 is 7.60 Å². The summed E-state index contributed by atoms with van der Waals surface area (Å²) >= 11 is 0. The Morgan fingerprint density at radius 3 is 1.85 bits per heavy atom. The van der Waals surface area contributed by atoms with Crippen molar-refractivity contribution in [3.8, 4) is 0 Å². The molecule has 2 unspecified atom stereocenters. The van der Waals surface area contributed by atoms with E-state index >= 15 is 0 Å².